The number of hydrogen-bond acceptors (Lipinski definition) is 6. The average Bonchev–Trinajstić information content (AvgIpc) is 3.17. The number of anilines is 1. The number of nitrogens with zero attached hydrogens (tertiary/aromatic N) is 2. The number of imide groups is 1. The SMILES string of the molecule is CCOC1C(=O)N(CC(C(=O)Nc2cc(C)ccc2Cl)C(=O)c2ccc(OC)cc2)C(=O)N1Cc1ccccc1. The predicted octanol–water partition coefficient (Wildman–Crippen LogP) is 4.92. The number of amides is 4. The number of carbonyl (C=O) groups excluding carboxylic acids is 4. The van der Waals surface area contributed by atoms with Crippen molar-refractivity contribution in [3.05, 3.63) is 94.5 Å². The molecule has 1 heterocycles. The number of ketones is 1. The maximum atomic E-state index is 13.7. The molecule has 0 bridgehead atoms. The van der Waals surface area contributed by atoms with Crippen LogP contribution in [0.2, 0.25) is 5.02 Å². The second kappa shape index (κ2) is 12.8. The number of Topliss-reactive ketones (excluding diaryl/α,β-unsaturated/α-hetero) is 1. The summed E-state index contributed by atoms with van der Waals surface area (Å²) in [6.45, 7) is 3.38. The number of halogens is 1. The van der Waals surface area contributed by atoms with Crippen molar-refractivity contribution in [3.63, 3.8) is 0 Å². The van der Waals surface area contributed by atoms with Crippen molar-refractivity contribution < 1.29 is 28.7 Å². The fourth-order valence-electron chi connectivity index (χ4n) is 4.41. The number of carbonyl (C=O) groups is 4. The van der Waals surface area contributed by atoms with Gasteiger partial charge in [0.15, 0.2) is 5.78 Å². The first-order valence-electron chi connectivity index (χ1n) is 12.8. The molecule has 3 aromatic carbocycles. The van der Waals surface area contributed by atoms with Gasteiger partial charge in [-0.25, -0.2) is 4.79 Å². The Balaban J connectivity index is 1.65. The average molecular weight is 564 g/mol. The molecule has 1 fully saturated rings. The van der Waals surface area contributed by atoms with E-state index in [4.69, 9.17) is 21.1 Å². The molecule has 9 nitrogen and oxygen atoms in total. The van der Waals surface area contributed by atoms with Crippen molar-refractivity contribution in [1.82, 2.24) is 9.80 Å². The molecule has 0 radical (unpaired) electrons. The Labute approximate surface area is 237 Å². The van der Waals surface area contributed by atoms with Gasteiger partial charge in [0.05, 0.1) is 24.4 Å². The fraction of sp³-hybridized carbons (Fsp3) is 0.267. The standard InChI is InChI=1S/C30H30ClN3O6/c1-4-40-29-28(37)33(30(38)34(29)17-20-8-6-5-7-9-20)18-23(26(35)21-11-13-22(39-3)14-12-21)27(36)32-25-16-19(2)10-15-24(25)31/h5-16,23,29H,4,17-18H2,1-3H3,(H,32,36). The molecule has 1 aliphatic heterocycles. The number of urea groups is 1. The van der Waals surface area contributed by atoms with Crippen LogP contribution >= 0.6 is 11.6 Å². The van der Waals surface area contributed by atoms with Crippen LogP contribution in [0.15, 0.2) is 72.8 Å². The number of methoxy groups -OCH3 is 1. The molecule has 0 saturated carbocycles. The van der Waals surface area contributed by atoms with Crippen LogP contribution in [-0.2, 0) is 20.9 Å². The zero-order chi connectivity index (χ0) is 28.8. The Hall–Kier alpha value is -4.21. The van der Waals surface area contributed by atoms with Crippen LogP contribution in [-0.4, -0.2) is 59.9 Å². The van der Waals surface area contributed by atoms with Gasteiger partial charge in [0.25, 0.3) is 5.91 Å². The Morgan fingerprint density at radius 2 is 1.73 bits per heavy atom. The molecule has 1 aliphatic rings. The fourth-order valence-corrected chi connectivity index (χ4v) is 4.58. The van der Waals surface area contributed by atoms with Gasteiger partial charge in [-0.3, -0.25) is 24.2 Å². The quantitative estimate of drug-likeness (QED) is 0.202. The molecule has 10 heteroatoms. The third-order valence-electron chi connectivity index (χ3n) is 6.51. The zero-order valence-corrected chi connectivity index (χ0v) is 23.2. The molecule has 40 heavy (non-hydrogen) atoms. The third kappa shape index (κ3) is 6.32. The number of aryl methyl sites for hydroxylation is 1. The lowest BCUT2D eigenvalue weighted by Gasteiger charge is -2.22. The van der Waals surface area contributed by atoms with E-state index < -0.39 is 42.3 Å². The lowest BCUT2D eigenvalue weighted by Crippen LogP contribution is -2.43. The molecule has 3 aromatic rings. The summed E-state index contributed by atoms with van der Waals surface area (Å²) >= 11 is 6.29. The minimum absolute atomic E-state index is 0.120. The van der Waals surface area contributed by atoms with Gasteiger partial charge in [0.2, 0.25) is 12.1 Å². The highest BCUT2D eigenvalue weighted by Crippen LogP contribution is 2.27. The molecule has 0 spiro atoms. The highest BCUT2D eigenvalue weighted by Gasteiger charge is 2.48. The van der Waals surface area contributed by atoms with Gasteiger partial charge in [-0.1, -0.05) is 48.0 Å². The van der Waals surface area contributed by atoms with Crippen molar-refractivity contribution in [1.29, 1.82) is 0 Å². The highest BCUT2D eigenvalue weighted by molar-refractivity contribution is 6.34. The number of nitrogens with one attached hydrogen (secondary N) is 1. The molecular formula is C30H30ClN3O6. The van der Waals surface area contributed by atoms with Crippen molar-refractivity contribution in [2.75, 3.05) is 25.6 Å². The highest BCUT2D eigenvalue weighted by atomic mass is 35.5. The van der Waals surface area contributed by atoms with Crippen LogP contribution in [0.5, 0.6) is 5.75 Å². The van der Waals surface area contributed by atoms with Gasteiger partial charge in [-0.2, -0.15) is 0 Å². The molecule has 0 aliphatic carbocycles. The summed E-state index contributed by atoms with van der Waals surface area (Å²) in [5.74, 6) is -2.80. The molecule has 4 rings (SSSR count). The number of benzene rings is 3. The number of hydrogen-bond donors (Lipinski definition) is 1. The maximum absolute atomic E-state index is 13.7. The van der Waals surface area contributed by atoms with Crippen molar-refractivity contribution in [2.24, 2.45) is 5.92 Å². The van der Waals surface area contributed by atoms with E-state index in [9.17, 15) is 19.2 Å². The zero-order valence-electron chi connectivity index (χ0n) is 22.4. The summed E-state index contributed by atoms with van der Waals surface area (Å²) in [5, 5.41) is 2.99. The van der Waals surface area contributed by atoms with Crippen LogP contribution < -0.4 is 10.1 Å². The van der Waals surface area contributed by atoms with Crippen molar-refractivity contribution >= 4 is 40.9 Å². The van der Waals surface area contributed by atoms with E-state index in [2.05, 4.69) is 5.32 Å². The number of rotatable bonds is 11. The van der Waals surface area contributed by atoms with Gasteiger partial charge < -0.3 is 14.8 Å². The van der Waals surface area contributed by atoms with Gasteiger partial charge >= 0.3 is 6.03 Å². The molecule has 2 unspecified atom stereocenters. The van der Waals surface area contributed by atoms with E-state index in [-0.39, 0.29) is 23.7 Å². The molecule has 0 aromatic heterocycles. The first-order chi connectivity index (χ1) is 19.2. The monoisotopic (exact) mass is 563 g/mol. The summed E-state index contributed by atoms with van der Waals surface area (Å²) < 4.78 is 10.8. The first kappa shape index (κ1) is 28.8. The van der Waals surface area contributed by atoms with Crippen molar-refractivity contribution in [3.8, 4) is 5.75 Å². The van der Waals surface area contributed by atoms with E-state index in [1.807, 2.05) is 37.3 Å². The van der Waals surface area contributed by atoms with Gasteiger partial charge in [0.1, 0.15) is 11.7 Å². The van der Waals surface area contributed by atoms with Gasteiger partial charge in [-0.15, -0.1) is 0 Å². The minimum atomic E-state index is -1.42. The maximum Gasteiger partial charge on any atom is 0.329 e. The summed E-state index contributed by atoms with van der Waals surface area (Å²) in [6.07, 6.45) is -1.18. The topological polar surface area (TPSA) is 105 Å². The molecule has 1 N–H and O–H groups in total. The van der Waals surface area contributed by atoms with Crippen LogP contribution in [0.4, 0.5) is 10.5 Å². The summed E-state index contributed by atoms with van der Waals surface area (Å²) in [5.41, 5.74) is 2.18. The lowest BCUT2D eigenvalue weighted by atomic mass is 9.95. The Morgan fingerprint density at radius 3 is 2.38 bits per heavy atom. The minimum Gasteiger partial charge on any atom is -0.497 e. The van der Waals surface area contributed by atoms with E-state index in [1.54, 1.807) is 37.3 Å². The molecule has 1 saturated heterocycles. The Morgan fingerprint density at radius 1 is 1.02 bits per heavy atom. The summed E-state index contributed by atoms with van der Waals surface area (Å²) in [7, 11) is 1.50. The second-order valence-corrected chi connectivity index (χ2v) is 9.68. The van der Waals surface area contributed by atoms with Crippen LogP contribution in [0.25, 0.3) is 0 Å². The van der Waals surface area contributed by atoms with Crippen LogP contribution in [0.1, 0.15) is 28.4 Å². The predicted molar refractivity (Wildman–Crippen MR) is 150 cm³/mol. The van der Waals surface area contributed by atoms with E-state index in [1.165, 1.54) is 24.1 Å². The lowest BCUT2D eigenvalue weighted by molar-refractivity contribution is -0.142. The van der Waals surface area contributed by atoms with Crippen molar-refractivity contribution in [2.45, 2.75) is 26.6 Å². The second-order valence-electron chi connectivity index (χ2n) is 9.27. The van der Waals surface area contributed by atoms with E-state index in [0.717, 1.165) is 16.0 Å². The molecular weight excluding hydrogens is 534 g/mol. The molecule has 2 atom stereocenters. The summed E-state index contributed by atoms with van der Waals surface area (Å²) in [6, 6.07) is 19.9. The van der Waals surface area contributed by atoms with Crippen LogP contribution in [0.3, 0.4) is 0 Å². The smallest absolute Gasteiger partial charge is 0.329 e. The first-order valence-corrected chi connectivity index (χ1v) is 13.1. The summed E-state index contributed by atoms with van der Waals surface area (Å²) in [4.78, 5) is 56.4. The van der Waals surface area contributed by atoms with E-state index >= 15 is 0 Å². The van der Waals surface area contributed by atoms with Gasteiger partial charge in [0, 0.05) is 18.7 Å². The number of ether oxygens (including phenoxy) is 2. The third-order valence-corrected chi connectivity index (χ3v) is 6.84. The Bertz CT molecular complexity index is 1400. The Kier molecular flexibility index (Phi) is 9.19. The normalized spacial score (nSPS) is 15.8. The van der Waals surface area contributed by atoms with Crippen LogP contribution in [0, 0.1) is 12.8 Å². The van der Waals surface area contributed by atoms with E-state index in [0.29, 0.717) is 11.4 Å². The molecule has 4 amide bonds. The largest absolute Gasteiger partial charge is 0.497 e. The molecule has 208 valence electrons. The van der Waals surface area contributed by atoms with Gasteiger partial charge in [-0.05, 0) is 61.4 Å².